The molecule has 1 aliphatic rings. The predicted octanol–water partition coefficient (Wildman–Crippen LogP) is 4.82. The second-order valence-corrected chi connectivity index (χ2v) is 10.00. The van der Waals surface area contributed by atoms with E-state index >= 15 is 0 Å². The van der Waals surface area contributed by atoms with Crippen molar-refractivity contribution in [3.05, 3.63) is 47.1 Å². The highest BCUT2D eigenvalue weighted by Gasteiger charge is 2.31. The monoisotopic (exact) mass is 509 g/mol. The molecule has 8 nitrogen and oxygen atoms in total. The minimum absolute atomic E-state index is 0.00275. The van der Waals surface area contributed by atoms with E-state index in [9.17, 15) is 9.59 Å². The van der Waals surface area contributed by atoms with Crippen molar-refractivity contribution in [1.82, 2.24) is 24.6 Å². The number of unbranched alkanes of at least 4 members (excludes halogenated alkanes) is 2. The third-order valence-electron chi connectivity index (χ3n) is 6.72. The smallest absolute Gasteiger partial charge is 0.257 e. The third-order valence-corrected chi connectivity index (χ3v) is 7.54. The highest BCUT2D eigenvalue weighted by atomic mass is 32.1. The number of methoxy groups -OCH3 is 1. The van der Waals surface area contributed by atoms with Gasteiger partial charge >= 0.3 is 0 Å². The van der Waals surface area contributed by atoms with E-state index in [-0.39, 0.29) is 17.9 Å². The fraction of sp³-hybridized carbons (Fsp3) is 0.481. The number of thiazole rings is 1. The van der Waals surface area contributed by atoms with E-state index in [1.54, 1.807) is 18.0 Å². The quantitative estimate of drug-likeness (QED) is 0.386. The zero-order valence-corrected chi connectivity index (χ0v) is 22.4. The number of hydrogen-bond donors (Lipinski definition) is 0. The lowest BCUT2D eigenvalue weighted by molar-refractivity contribution is -0.135. The molecule has 1 aromatic carbocycles. The van der Waals surface area contributed by atoms with Gasteiger partial charge in [-0.05, 0) is 44.0 Å². The summed E-state index contributed by atoms with van der Waals surface area (Å²) >= 11 is 1.50. The zero-order valence-electron chi connectivity index (χ0n) is 21.6. The number of amides is 2. The van der Waals surface area contributed by atoms with Crippen LogP contribution >= 0.6 is 11.3 Å². The van der Waals surface area contributed by atoms with Gasteiger partial charge in [0.05, 0.1) is 30.3 Å². The fourth-order valence-electron chi connectivity index (χ4n) is 4.67. The topological polar surface area (TPSA) is 80.6 Å². The Labute approximate surface area is 216 Å². The number of carbonyl (C=O) groups is 2. The second-order valence-electron chi connectivity index (χ2n) is 9.16. The number of carbonyl (C=O) groups excluding carboxylic acids is 2. The number of aromatic nitrogens is 3. The molecule has 0 N–H and O–H groups in total. The Balaban J connectivity index is 1.47. The van der Waals surface area contributed by atoms with Crippen molar-refractivity contribution >= 4 is 23.2 Å². The van der Waals surface area contributed by atoms with Crippen LogP contribution in [0.2, 0.25) is 0 Å². The standard InChI is InChI=1S/C27H35N5O3S/c1-5-7-8-9-25(33)31-15-14-30(17-19(31)3)26(34)22-16-28-32(24(22)6-2)27-29-23(18-36-27)20-10-12-21(35-4)13-11-20/h10-13,16,18-19H,5-9,14-15,17H2,1-4H3. The van der Waals surface area contributed by atoms with Gasteiger partial charge in [0.1, 0.15) is 5.75 Å². The summed E-state index contributed by atoms with van der Waals surface area (Å²) in [6.45, 7) is 7.83. The Bertz CT molecular complexity index is 1190. The molecule has 2 amide bonds. The summed E-state index contributed by atoms with van der Waals surface area (Å²) in [6.07, 6.45) is 6.00. The highest BCUT2D eigenvalue weighted by molar-refractivity contribution is 7.12. The maximum absolute atomic E-state index is 13.5. The first-order chi connectivity index (χ1) is 17.5. The van der Waals surface area contributed by atoms with Crippen molar-refractivity contribution in [2.24, 2.45) is 0 Å². The summed E-state index contributed by atoms with van der Waals surface area (Å²) < 4.78 is 7.02. The van der Waals surface area contributed by atoms with Gasteiger partial charge in [0.15, 0.2) is 0 Å². The molecule has 1 fully saturated rings. The van der Waals surface area contributed by atoms with Crippen LogP contribution < -0.4 is 4.74 Å². The summed E-state index contributed by atoms with van der Waals surface area (Å²) in [5.41, 5.74) is 3.31. The zero-order chi connectivity index (χ0) is 25.7. The van der Waals surface area contributed by atoms with E-state index < -0.39 is 0 Å². The van der Waals surface area contributed by atoms with Crippen LogP contribution in [0, 0.1) is 0 Å². The molecule has 1 atom stereocenters. The van der Waals surface area contributed by atoms with Gasteiger partial charge in [0, 0.05) is 43.0 Å². The molecule has 0 saturated carbocycles. The third kappa shape index (κ3) is 5.46. The number of nitrogens with zero attached hydrogens (tertiary/aromatic N) is 5. The van der Waals surface area contributed by atoms with E-state index in [0.717, 1.165) is 47.1 Å². The van der Waals surface area contributed by atoms with Gasteiger partial charge in [-0.1, -0.05) is 26.7 Å². The van der Waals surface area contributed by atoms with E-state index in [0.29, 0.717) is 38.0 Å². The summed E-state index contributed by atoms with van der Waals surface area (Å²) in [5, 5.41) is 7.27. The van der Waals surface area contributed by atoms with Crippen LogP contribution in [0.5, 0.6) is 5.75 Å². The van der Waals surface area contributed by atoms with Crippen molar-refractivity contribution in [2.45, 2.75) is 58.9 Å². The maximum atomic E-state index is 13.5. The van der Waals surface area contributed by atoms with E-state index in [4.69, 9.17) is 9.72 Å². The van der Waals surface area contributed by atoms with Crippen molar-refractivity contribution in [3.63, 3.8) is 0 Å². The van der Waals surface area contributed by atoms with Gasteiger partial charge in [-0.2, -0.15) is 5.10 Å². The number of ether oxygens (including phenoxy) is 1. The van der Waals surface area contributed by atoms with Gasteiger partial charge in [-0.3, -0.25) is 9.59 Å². The molecular weight excluding hydrogens is 474 g/mol. The van der Waals surface area contributed by atoms with E-state index in [1.165, 1.54) is 11.3 Å². The minimum atomic E-state index is -0.0324. The molecule has 0 aliphatic carbocycles. The van der Waals surface area contributed by atoms with Crippen LogP contribution in [0.15, 0.2) is 35.8 Å². The molecule has 3 aromatic rings. The van der Waals surface area contributed by atoms with Crippen LogP contribution in [-0.2, 0) is 11.2 Å². The average Bonchev–Trinajstić information content (AvgIpc) is 3.55. The first-order valence-electron chi connectivity index (χ1n) is 12.7. The Morgan fingerprint density at radius 3 is 2.58 bits per heavy atom. The molecule has 0 bridgehead atoms. The first-order valence-corrected chi connectivity index (χ1v) is 13.6. The Morgan fingerprint density at radius 2 is 1.92 bits per heavy atom. The van der Waals surface area contributed by atoms with Crippen LogP contribution in [0.25, 0.3) is 16.4 Å². The Hall–Kier alpha value is -3.20. The molecule has 36 heavy (non-hydrogen) atoms. The summed E-state index contributed by atoms with van der Waals surface area (Å²) in [6, 6.07) is 7.78. The largest absolute Gasteiger partial charge is 0.497 e. The molecule has 0 radical (unpaired) electrons. The molecule has 1 saturated heterocycles. The lowest BCUT2D eigenvalue weighted by Gasteiger charge is -2.40. The van der Waals surface area contributed by atoms with Crippen LogP contribution in [-0.4, -0.2) is 69.2 Å². The molecule has 192 valence electrons. The van der Waals surface area contributed by atoms with E-state index in [2.05, 4.69) is 12.0 Å². The lowest BCUT2D eigenvalue weighted by Crippen LogP contribution is -2.55. The Morgan fingerprint density at radius 1 is 1.14 bits per heavy atom. The second kappa shape index (κ2) is 11.7. The molecule has 1 aliphatic heterocycles. The first kappa shape index (κ1) is 25.9. The van der Waals surface area contributed by atoms with Crippen molar-refractivity contribution in [2.75, 3.05) is 26.7 Å². The summed E-state index contributed by atoms with van der Waals surface area (Å²) in [5.74, 6) is 0.963. The molecular formula is C27H35N5O3S. The highest BCUT2D eigenvalue weighted by Crippen LogP contribution is 2.27. The summed E-state index contributed by atoms with van der Waals surface area (Å²) in [7, 11) is 1.65. The van der Waals surface area contributed by atoms with Crippen molar-refractivity contribution < 1.29 is 14.3 Å². The molecule has 1 unspecified atom stereocenters. The molecule has 9 heteroatoms. The number of hydrogen-bond acceptors (Lipinski definition) is 6. The minimum Gasteiger partial charge on any atom is -0.497 e. The van der Waals surface area contributed by atoms with Crippen molar-refractivity contribution in [1.29, 1.82) is 0 Å². The van der Waals surface area contributed by atoms with Crippen molar-refractivity contribution in [3.8, 4) is 22.1 Å². The van der Waals surface area contributed by atoms with Gasteiger partial charge in [0.2, 0.25) is 11.0 Å². The van der Waals surface area contributed by atoms with Gasteiger partial charge < -0.3 is 14.5 Å². The van der Waals surface area contributed by atoms with Crippen LogP contribution in [0.1, 0.15) is 62.5 Å². The van der Waals surface area contributed by atoms with Gasteiger partial charge in [-0.15, -0.1) is 11.3 Å². The molecule has 2 aromatic heterocycles. The number of piperazine rings is 1. The van der Waals surface area contributed by atoms with Gasteiger partial charge in [0.25, 0.3) is 5.91 Å². The van der Waals surface area contributed by atoms with Crippen LogP contribution in [0.3, 0.4) is 0 Å². The molecule has 3 heterocycles. The van der Waals surface area contributed by atoms with Gasteiger partial charge in [-0.25, -0.2) is 9.67 Å². The summed E-state index contributed by atoms with van der Waals surface area (Å²) in [4.78, 5) is 34.7. The average molecular weight is 510 g/mol. The molecule has 4 rings (SSSR count). The van der Waals surface area contributed by atoms with Crippen LogP contribution in [0.4, 0.5) is 0 Å². The maximum Gasteiger partial charge on any atom is 0.257 e. The SMILES string of the molecule is CCCCCC(=O)N1CCN(C(=O)c2cnn(-c3nc(-c4ccc(OC)cc4)cs3)c2CC)CC1C. The fourth-order valence-corrected chi connectivity index (χ4v) is 5.48. The predicted molar refractivity (Wildman–Crippen MR) is 142 cm³/mol. The van der Waals surface area contributed by atoms with E-state index in [1.807, 2.05) is 53.3 Å². The Kier molecular flexibility index (Phi) is 8.40. The number of rotatable bonds is 9. The normalized spacial score (nSPS) is 15.8. The molecule has 0 spiro atoms. The lowest BCUT2D eigenvalue weighted by atomic mass is 10.1. The number of benzene rings is 1.